The fourth-order valence-electron chi connectivity index (χ4n) is 2.01. The molecule has 1 aromatic rings. The Morgan fingerprint density at radius 1 is 1.40 bits per heavy atom. The Labute approximate surface area is 89.9 Å². The van der Waals surface area contributed by atoms with Crippen LogP contribution in [0.5, 0.6) is 0 Å². The molecule has 1 aromatic heterocycles. The molecule has 2 rings (SSSR count). The Bertz CT molecular complexity index is 442. The summed E-state index contributed by atoms with van der Waals surface area (Å²) >= 11 is 0. The molecule has 2 heterocycles. The first-order valence-electron chi connectivity index (χ1n) is 4.75. The van der Waals surface area contributed by atoms with E-state index >= 15 is 0 Å². The molecule has 0 saturated carbocycles. The first-order chi connectivity index (χ1) is 6.96. The van der Waals surface area contributed by atoms with E-state index in [1.165, 1.54) is 0 Å². The van der Waals surface area contributed by atoms with Gasteiger partial charge in [-0.3, -0.25) is 9.88 Å². The van der Waals surface area contributed by atoms with Crippen molar-refractivity contribution < 1.29 is 8.42 Å². The van der Waals surface area contributed by atoms with Crippen LogP contribution in [0.1, 0.15) is 5.56 Å². The Kier molecular flexibility index (Phi) is 2.31. The van der Waals surface area contributed by atoms with E-state index in [4.69, 9.17) is 0 Å². The van der Waals surface area contributed by atoms with Crippen molar-refractivity contribution >= 4 is 9.84 Å². The summed E-state index contributed by atoms with van der Waals surface area (Å²) < 4.78 is 22.7. The molecule has 0 spiro atoms. The van der Waals surface area contributed by atoms with E-state index in [9.17, 15) is 8.42 Å². The normalized spacial score (nSPS) is 22.3. The van der Waals surface area contributed by atoms with Gasteiger partial charge >= 0.3 is 0 Å². The minimum absolute atomic E-state index is 0.193. The second-order valence-corrected chi connectivity index (χ2v) is 6.26. The molecule has 0 aromatic carbocycles. The number of pyridine rings is 1. The van der Waals surface area contributed by atoms with Crippen LogP contribution in [-0.4, -0.2) is 43.9 Å². The van der Waals surface area contributed by atoms with Crippen molar-refractivity contribution in [3.8, 4) is 0 Å². The Morgan fingerprint density at radius 3 is 2.47 bits per heavy atom. The minimum Gasteiger partial charge on any atom is -0.298 e. The molecular formula is C10H14N2O2S. The molecular weight excluding hydrogens is 212 g/mol. The smallest absolute Gasteiger partial charge is 0.154 e. The van der Waals surface area contributed by atoms with Crippen LogP contribution in [0.3, 0.4) is 0 Å². The number of aromatic nitrogens is 1. The van der Waals surface area contributed by atoms with Gasteiger partial charge in [0, 0.05) is 12.4 Å². The van der Waals surface area contributed by atoms with Gasteiger partial charge in [0.15, 0.2) is 9.84 Å². The highest BCUT2D eigenvalue weighted by Gasteiger charge is 2.51. The van der Waals surface area contributed by atoms with Crippen molar-refractivity contribution in [1.82, 2.24) is 9.88 Å². The summed E-state index contributed by atoms with van der Waals surface area (Å²) in [4.78, 5) is 6.00. The SMILES string of the molecule is CN(C)C1(c2cccnc2)CS(=O)(=O)C1. The van der Waals surface area contributed by atoms with Crippen molar-refractivity contribution in [2.45, 2.75) is 5.54 Å². The van der Waals surface area contributed by atoms with Crippen LogP contribution in [0.2, 0.25) is 0 Å². The van der Waals surface area contributed by atoms with Gasteiger partial charge < -0.3 is 0 Å². The standard InChI is InChI=1S/C10H14N2O2S/c1-12(2)10(7-15(13,14)8-10)9-4-3-5-11-6-9/h3-6H,7-8H2,1-2H3. The molecule has 1 aliphatic heterocycles. The zero-order chi connectivity index (χ0) is 11.1. The molecule has 0 radical (unpaired) electrons. The molecule has 0 N–H and O–H groups in total. The van der Waals surface area contributed by atoms with Crippen molar-refractivity contribution in [2.75, 3.05) is 25.6 Å². The lowest BCUT2D eigenvalue weighted by atomic mass is 9.93. The molecule has 0 unspecified atom stereocenters. The lowest BCUT2D eigenvalue weighted by Crippen LogP contribution is -2.60. The Balaban J connectivity index is 2.40. The van der Waals surface area contributed by atoms with E-state index in [0.717, 1.165) is 5.56 Å². The summed E-state index contributed by atoms with van der Waals surface area (Å²) in [5.74, 6) is 0.386. The van der Waals surface area contributed by atoms with Gasteiger partial charge in [-0.2, -0.15) is 0 Å². The van der Waals surface area contributed by atoms with Crippen molar-refractivity contribution in [1.29, 1.82) is 0 Å². The summed E-state index contributed by atoms with van der Waals surface area (Å²) in [5.41, 5.74) is 0.609. The molecule has 1 aliphatic rings. The van der Waals surface area contributed by atoms with Crippen LogP contribution in [0, 0.1) is 0 Å². The highest BCUT2D eigenvalue weighted by atomic mass is 32.2. The molecule has 0 aliphatic carbocycles. The number of rotatable bonds is 2. The van der Waals surface area contributed by atoms with Crippen LogP contribution in [0.15, 0.2) is 24.5 Å². The fraction of sp³-hybridized carbons (Fsp3) is 0.500. The number of hydrogen-bond acceptors (Lipinski definition) is 4. The number of nitrogens with zero attached hydrogens (tertiary/aromatic N) is 2. The minimum atomic E-state index is -2.85. The summed E-state index contributed by atoms with van der Waals surface area (Å²) in [7, 11) is 0.957. The molecule has 0 atom stereocenters. The molecule has 0 amide bonds. The summed E-state index contributed by atoms with van der Waals surface area (Å²) in [5, 5.41) is 0. The van der Waals surface area contributed by atoms with Crippen LogP contribution in [0.25, 0.3) is 0 Å². The van der Waals surface area contributed by atoms with Gasteiger partial charge in [-0.25, -0.2) is 8.42 Å². The third kappa shape index (κ3) is 1.66. The van der Waals surface area contributed by atoms with E-state index in [-0.39, 0.29) is 17.0 Å². The first-order valence-corrected chi connectivity index (χ1v) is 6.57. The molecule has 5 heteroatoms. The molecule has 15 heavy (non-hydrogen) atoms. The van der Waals surface area contributed by atoms with Gasteiger partial charge in [-0.1, -0.05) is 6.07 Å². The van der Waals surface area contributed by atoms with Gasteiger partial charge in [0.2, 0.25) is 0 Å². The second kappa shape index (κ2) is 3.28. The molecule has 4 nitrogen and oxygen atoms in total. The van der Waals surface area contributed by atoms with Crippen molar-refractivity contribution in [3.63, 3.8) is 0 Å². The topological polar surface area (TPSA) is 50.3 Å². The fourth-order valence-corrected chi connectivity index (χ4v) is 4.23. The van der Waals surface area contributed by atoms with Crippen LogP contribution < -0.4 is 0 Å². The van der Waals surface area contributed by atoms with Crippen LogP contribution >= 0.6 is 0 Å². The van der Waals surface area contributed by atoms with Crippen molar-refractivity contribution in [2.24, 2.45) is 0 Å². The Hall–Kier alpha value is -0.940. The summed E-state index contributed by atoms with van der Waals surface area (Å²) in [6.07, 6.45) is 3.44. The molecule has 1 fully saturated rings. The molecule has 1 saturated heterocycles. The largest absolute Gasteiger partial charge is 0.298 e. The van der Waals surface area contributed by atoms with Crippen LogP contribution in [0.4, 0.5) is 0 Å². The highest BCUT2D eigenvalue weighted by Crippen LogP contribution is 2.37. The second-order valence-electron chi connectivity index (χ2n) is 4.20. The maximum atomic E-state index is 11.3. The molecule has 82 valence electrons. The van der Waals surface area contributed by atoms with Gasteiger partial charge in [0.05, 0.1) is 17.0 Å². The first kappa shape index (κ1) is 10.6. The predicted molar refractivity (Wildman–Crippen MR) is 58.3 cm³/mol. The van der Waals surface area contributed by atoms with E-state index in [0.29, 0.717) is 0 Å². The lowest BCUT2D eigenvalue weighted by Gasteiger charge is -2.46. The predicted octanol–water partition coefficient (Wildman–Crippen LogP) is 0.267. The monoisotopic (exact) mass is 226 g/mol. The Morgan fingerprint density at radius 2 is 2.07 bits per heavy atom. The van der Waals surface area contributed by atoms with E-state index in [1.54, 1.807) is 12.4 Å². The van der Waals surface area contributed by atoms with Gasteiger partial charge in [-0.15, -0.1) is 0 Å². The van der Waals surface area contributed by atoms with Crippen molar-refractivity contribution in [3.05, 3.63) is 30.1 Å². The average Bonchev–Trinajstić information content (AvgIpc) is 2.14. The van der Waals surface area contributed by atoms with E-state index < -0.39 is 9.84 Å². The highest BCUT2D eigenvalue weighted by molar-refractivity contribution is 7.93. The zero-order valence-electron chi connectivity index (χ0n) is 8.84. The number of sulfone groups is 1. The maximum absolute atomic E-state index is 11.3. The van der Waals surface area contributed by atoms with E-state index in [1.807, 2.05) is 31.1 Å². The lowest BCUT2D eigenvalue weighted by molar-refractivity contribution is 0.183. The van der Waals surface area contributed by atoms with Gasteiger partial charge in [-0.05, 0) is 25.7 Å². The van der Waals surface area contributed by atoms with Gasteiger partial charge in [0.25, 0.3) is 0 Å². The summed E-state index contributed by atoms with van der Waals surface area (Å²) in [6.45, 7) is 0. The maximum Gasteiger partial charge on any atom is 0.154 e. The number of hydrogen-bond donors (Lipinski definition) is 0. The zero-order valence-corrected chi connectivity index (χ0v) is 9.66. The van der Waals surface area contributed by atoms with E-state index in [2.05, 4.69) is 4.98 Å². The average molecular weight is 226 g/mol. The third-order valence-corrected chi connectivity index (χ3v) is 4.81. The van der Waals surface area contributed by atoms with Gasteiger partial charge in [0.1, 0.15) is 0 Å². The quantitative estimate of drug-likeness (QED) is 0.726. The third-order valence-electron chi connectivity index (χ3n) is 2.97. The molecule has 0 bridgehead atoms. The summed E-state index contributed by atoms with van der Waals surface area (Å²) in [6, 6.07) is 3.77. The van der Waals surface area contributed by atoms with Crippen LogP contribution in [-0.2, 0) is 15.4 Å².